The number of nitrogens with zero attached hydrogens (tertiary/aromatic N) is 3. The van der Waals surface area contributed by atoms with E-state index >= 15 is 0 Å². The molecule has 0 aliphatic carbocycles. The molecule has 0 bridgehead atoms. The highest BCUT2D eigenvalue weighted by atomic mass is 79.9. The number of hydrogen-bond donors (Lipinski definition) is 0. The smallest absolute Gasteiger partial charge is 0.285 e. The Morgan fingerprint density at radius 3 is 2.32 bits per heavy atom. The third kappa shape index (κ3) is 2.31. The van der Waals surface area contributed by atoms with Gasteiger partial charge in [0.25, 0.3) is 4.80 Å². The molecule has 0 unspecified atom stereocenters. The topological polar surface area (TPSA) is 76.3 Å². The number of aromatic nitrogens is 2. The molecule has 0 amide bonds. The first-order valence-corrected chi connectivity index (χ1v) is 7.90. The molecule has 0 N–H and O–H groups in total. The number of benzene rings is 1. The van der Waals surface area contributed by atoms with Gasteiger partial charge in [-0.25, -0.2) is 8.42 Å². The molecule has 1 saturated heterocycles. The van der Waals surface area contributed by atoms with Crippen LogP contribution < -0.4 is 0 Å². The van der Waals surface area contributed by atoms with Crippen LogP contribution in [0.3, 0.4) is 0 Å². The molecule has 0 spiro atoms. The lowest BCUT2D eigenvalue weighted by Gasteiger charge is -2.29. The molecule has 1 fully saturated rings. The summed E-state index contributed by atoms with van der Waals surface area (Å²) in [5.41, 5.74) is 0.681. The molecule has 1 aliphatic rings. The van der Waals surface area contributed by atoms with Crippen LogP contribution in [-0.4, -0.2) is 36.0 Å². The Balaban J connectivity index is 1.90. The lowest BCUT2D eigenvalue weighted by Crippen LogP contribution is -2.41. The molecule has 6 nitrogen and oxygen atoms in total. The van der Waals surface area contributed by atoms with Gasteiger partial charge in [0.2, 0.25) is 15.9 Å². The van der Waals surface area contributed by atoms with E-state index in [0.29, 0.717) is 29.3 Å². The Kier molecular flexibility index (Phi) is 3.15. The van der Waals surface area contributed by atoms with E-state index in [4.69, 9.17) is 4.42 Å². The van der Waals surface area contributed by atoms with Gasteiger partial charge in [-0.15, -0.1) is 10.2 Å². The monoisotopic (exact) mass is 343 g/mol. The van der Waals surface area contributed by atoms with E-state index in [1.807, 2.05) is 0 Å². The average Bonchev–Trinajstić information content (AvgIpc) is 2.73. The van der Waals surface area contributed by atoms with Gasteiger partial charge >= 0.3 is 0 Å². The van der Waals surface area contributed by atoms with Gasteiger partial charge in [0, 0.05) is 34.6 Å². The Hall–Kier alpha value is -1.25. The number of sulfonamides is 1. The maximum Gasteiger partial charge on any atom is 0.285 e. The lowest BCUT2D eigenvalue weighted by atomic mass is 10.2. The quantitative estimate of drug-likeness (QED) is 0.850. The van der Waals surface area contributed by atoms with E-state index in [1.165, 1.54) is 4.31 Å². The maximum absolute atomic E-state index is 12.1. The Labute approximate surface area is 118 Å². The largest absolute Gasteiger partial charge is 0.411 e. The van der Waals surface area contributed by atoms with Crippen molar-refractivity contribution in [2.45, 2.75) is 11.3 Å². The summed E-state index contributed by atoms with van der Waals surface area (Å²) >= 11 is 3.07. The number of hydrogen-bond acceptors (Lipinski definition) is 5. The standard InChI is InChI=1S/C11H10BrN3O3S/c12-11-14-13-10(18-11)8-2-4-9(5-3-8)19(16,17)15-6-1-7-15/h2-5H,1,6-7H2. The van der Waals surface area contributed by atoms with Crippen LogP contribution in [0.1, 0.15) is 6.42 Å². The molecule has 0 atom stereocenters. The third-order valence-electron chi connectivity index (χ3n) is 2.95. The molecule has 2 heterocycles. The summed E-state index contributed by atoms with van der Waals surface area (Å²) in [5, 5.41) is 7.51. The Bertz CT molecular complexity index is 692. The molecular weight excluding hydrogens is 334 g/mol. The molecule has 1 aromatic carbocycles. The zero-order chi connectivity index (χ0) is 13.5. The highest BCUT2D eigenvalue weighted by molar-refractivity contribution is 9.10. The van der Waals surface area contributed by atoms with Gasteiger partial charge in [-0.3, -0.25) is 0 Å². The predicted molar refractivity (Wildman–Crippen MR) is 70.8 cm³/mol. The average molecular weight is 344 g/mol. The summed E-state index contributed by atoms with van der Waals surface area (Å²) in [4.78, 5) is 0.578. The molecule has 1 aromatic heterocycles. The van der Waals surface area contributed by atoms with Gasteiger partial charge in [0.05, 0.1) is 4.90 Å². The van der Waals surface area contributed by atoms with Crippen molar-refractivity contribution in [1.29, 1.82) is 0 Å². The molecule has 19 heavy (non-hydrogen) atoms. The van der Waals surface area contributed by atoms with Gasteiger partial charge in [-0.1, -0.05) is 0 Å². The molecular formula is C11H10BrN3O3S. The van der Waals surface area contributed by atoms with Crippen LogP contribution >= 0.6 is 15.9 Å². The van der Waals surface area contributed by atoms with Gasteiger partial charge in [-0.05, 0) is 30.7 Å². The molecule has 100 valence electrons. The summed E-state index contributed by atoms with van der Waals surface area (Å²) < 4.78 is 30.9. The second kappa shape index (κ2) is 4.69. The fraction of sp³-hybridized carbons (Fsp3) is 0.273. The van der Waals surface area contributed by atoms with Crippen LogP contribution in [0.2, 0.25) is 0 Å². The van der Waals surface area contributed by atoms with Crippen molar-refractivity contribution in [2.75, 3.05) is 13.1 Å². The van der Waals surface area contributed by atoms with Crippen LogP contribution in [-0.2, 0) is 10.0 Å². The third-order valence-corrected chi connectivity index (χ3v) is 5.19. The summed E-state index contributed by atoms with van der Waals surface area (Å²) in [7, 11) is -3.34. The second-order valence-electron chi connectivity index (χ2n) is 4.14. The Morgan fingerprint density at radius 1 is 1.16 bits per heavy atom. The van der Waals surface area contributed by atoms with Crippen LogP contribution in [0.5, 0.6) is 0 Å². The Morgan fingerprint density at radius 2 is 1.84 bits per heavy atom. The normalized spacial score (nSPS) is 16.3. The van der Waals surface area contributed by atoms with Crippen molar-refractivity contribution in [3.8, 4) is 11.5 Å². The number of rotatable bonds is 3. The van der Waals surface area contributed by atoms with Gasteiger partial charge < -0.3 is 4.42 Å². The van der Waals surface area contributed by atoms with E-state index in [9.17, 15) is 8.42 Å². The molecule has 3 rings (SSSR count). The summed E-state index contributed by atoms with van der Waals surface area (Å²) in [6, 6.07) is 6.43. The molecule has 2 aromatic rings. The summed E-state index contributed by atoms with van der Waals surface area (Å²) in [5.74, 6) is 0.347. The summed E-state index contributed by atoms with van der Waals surface area (Å²) in [6.07, 6.45) is 0.924. The first-order valence-electron chi connectivity index (χ1n) is 5.67. The van der Waals surface area contributed by atoms with E-state index in [0.717, 1.165) is 6.42 Å². The lowest BCUT2D eigenvalue weighted by molar-refractivity contribution is 0.309. The van der Waals surface area contributed by atoms with Crippen LogP contribution in [0.15, 0.2) is 38.4 Å². The van der Waals surface area contributed by atoms with Crippen molar-refractivity contribution >= 4 is 26.0 Å². The minimum absolute atomic E-state index is 0.287. The van der Waals surface area contributed by atoms with Crippen LogP contribution in [0.4, 0.5) is 0 Å². The SMILES string of the molecule is O=S(=O)(c1ccc(-c2nnc(Br)o2)cc1)N1CCC1. The van der Waals surface area contributed by atoms with Gasteiger partial charge in [-0.2, -0.15) is 4.31 Å². The van der Waals surface area contributed by atoms with Crippen LogP contribution in [0.25, 0.3) is 11.5 Å². The van der Waals surface area contributed by atoms with Crippen molar-refractivity contribution in [3.05, 3.63) is 29.1 Å². The van der Waals surface area contributed by atoms with Crippen molar-refractivity contribution in [2.24, 2.45) is 0 Å². The fourth-order valence-electron chi connectivity index (χ4n) is 1.77. The molecule has 0 saturated carbocycles. The van der Waals surface area contributed by atoms with Crippen molar-refractivity contribution in [3.63, 3.8) is 0 Å². The minimum atomic E-state index is -3.34. The number of halogens is 1. The van der Waals surface area contributed by atoms with Crippen LogP contribution in [0, 0.1) is 0 Å². The van der Waals surface area contributed by atoms with E-state index in [2.05, 4.69) is 26.1 Å². The van der Waals surface area contributed by atoms with Crippen molar-refractivity contribution < 1.29 is 12.8 Å². The fourth-order valence-corrected chi connectivity index (χ4v) is 3.52. The van der Waals surface area contributed by atoms with E-state index in [1.54, 1.807) is 24.3 Å². The zero-order valence-electron chi connectivity index (χ0n) is 9.78. The predicted octanol–water partition coefficient (Wildman–Crippen LogP) is 1.89. The minimum Gasteiger partial charge on any atom is -0.411 e. The first kappa shape index (κ1) is 12.8. The highest BCUT2D eigenvalue weighted by Crippen LogP contribution is 2.25. The van der Waals surface area contributed by atoms with Gasteiger partial charge in [0.15, 0.2) is 0 Å². The van der Waals surface area contributed by atoms with Gasteiger partial charge in [0.1, 0.15) is 0 Å². The first-order chi connectivity index (χ1) is 9.07. The van der Waals surface area contributed by atoms with E-state index in [-0.39, 0.29) is 4.90 Å². The molecule has 1 aliphatic heterocycles. The van der Waals surface area contributed by atoms with E-state index < -0.39 is 10.0 Å². The highest BCUT2D eigenvalue weighted by Gasteiger charge is 2.29. The second-order valence-corrected chi connectivity index (χ2v) is 6.76. The zero-order valence-corrected chi connectivity index (χ0v) is 12.2. The molecule has 0 radical (unpaired) electrons. The summed E-state index contributed by atoms with van der Waals surface area (Å²) in [6.45, 7) is 1.20. The maximum atomic E-state index is 12.1. The van der Waals surface area contributed by atoms with Crippen molar-refractivity contribution in [1.82, 2.24) is 14.5 Å². The molecule has 8 heteroatoms.